The predicted molar refractivity (Wildman–Crippen MR) is 96.3 cm³/mol. The largest absolute Gasteiger partial charge is 0.378 e. The van der Waals surface area contributed by atoms with E-state index in [2.05, 4.69) is 20.5 Å². The molecule has 2 aromatic rings. The number of methoxy groups -OCH3 is 1. The van der Waals surface area contributed by atoms with Crippen molar-refractivity contribution in [3.63, 3.8) is 0 Å². The van der Waals surface area contributed by atoms with Gasteiger partial charge in [0.2, 0.25) is 0 Å². The Labute approximate surface area is 153 Å². The molecule has 138 valence electrons. The number of carbonyl (C=O) groups is 1. The highest BCUT2D eigenvalue weighted by atomic mass is 16.5. The van der Waals surface area contributed by atoms with Crippen LogP contribution in [0.1, 0.15) is 43.0 Å². The Morgan fingerprint density at radius 3 is 2.62 bits per heavy atom. The van der Waals surface area contributed by atoms with Crippen LogP contribution in [0.5, 0.6) is 0 Å². The van der Waals surface area contributed by atoms with Crippen LogP contribution < -0.4 is 5.32 Å². The fraction of sp³-hybridized carbons (Fsp3) is 0.526. The number of hydrogen-bond donors (Lipinski definition) is 1. The molecule has 2 saturated heterocycles. The van der Waals surface area contributed by atoms with E-state index in [0.717, 1.165) is 36.9 Å². The zero-order chi connectivity index (χ0) is 17.9. The van der Waals surface area contributed by atoms with Crippen molar-refractivity contribution in [1.82, 2.24) is 25.2 Å². The van der Waals surface area contributed by atoms with Gasteiger partial charge in [-0.25, -0.2) is 9.48 Å². The summed E-state index contributed by atoms with van der Waals surface area (Å²) >= 11 is 0. The Bertz CT molecular complexity index is 733. The third kappa shape index (κ3) is 3.44. The van der Waals surface area contributed by atoms with Crippen molar-refractivity contribution in [2.24, 2.45) is 0 Å². The highest BCUT2D eigenvalue weighted by Gasteiger charge is 2.44. The maximum Gasteiger partial charge on any atom is 0.318 e. The Morgan fingerprint density at radius 2 is 1.92 bits per heavy atom. The first-order valence-corrected chi connectivity index (χ1v) is 9.24. The van der Waals surface area contributed by atoms with E-state index in [1.165, 1.54) is 0 Å². The summed E-state index contributed by atoms with van der Waals surface area (Å²) in [5.41, 5.74) is 1.97. The second-order valence-corrected chi connectivity index (χ2v) is 7.18. The lowest BCUT2D eigenvalue weighted by Gasteiger charge is -2.38. The molecule has 0 aliphatic carbocycles. The SMILES string of the molecule is COCc1cn(C2CC3CCC(C2)N3C(=O)NCc2ccccc2)nn1. The van der Waals surface area contributed by atoms with Gasteiger partial charge in [-0.3, -0.25) is 0 Å². The summed E-state index contributed by atoms with van der Waals surface area (Å²) < 4.78 is 7.08. The fourth-order valence-corrected chi connectivity index (χ4v) is 4.27. The van der Waals surface area contributed by atoms with Gasteiger partial charge in [0.1, 0.15) is 5.69 Å². The van der Waals surface area contributed by atoms with Crippen molar-refractivity contribution < 1.29 is 9.53 Å². The third-order valence-electron chi connectivity index (χ3n) is 5.45. The molecule has 1 N–H and O–H groups in total. The van der Waals surface area contributed by atoms with Crippen LogP contribution in [0.15, 0.2) is 36.5 Å². The molecular weight excluding hydrogens is 330 g/mol. The van der Waals surface area contributed by atoms with Gasteiger partial charge in [-0.15, -0.1) is 5.10 Å². The van der Waals surface area contributed by atoms with E-state index in [0.29, 0.717) is 19.2 Å². The second kappa shape index (κ2) is 7.45. The molecule has 2 aliphatic rings. The Hall–Kier alpha value is -2.41. The van der Waals surface area contributed by atoms with Crippen LogP contribution in [-0.4, -0.2) is 45.1 Å². The molecule has 7 heteroatoms. The normalized spacial score (nSPS) is 24.7. The van der Waals surface area contributed by atoms with Crippen molar-refractivity contribution in [1.29, 1.82) is 0 Å². The quantitative estimate of drug-likeness (QED) is 0.894. The van der Waals surface area contributed by atoms with E-state index in [4.69, 9.17) is 4.74 Å². The zero-order valence-corrected chi connectivity index (χ0v) is 15.0. The molecule has 2 bridgehead atoms. The van der Waals surface area contributed by atoms with Gasteiger partial charge >= 0.3 is 6.03 Å². The van der Waals surface area contributed by atoms with Crippen LogP contribution in [0.3, 0.4) is 0 Å². The summed E-state index contributed by atoms with van der Waals surface area (Å²) in [6.07, 6.45) is 5.98. The minimum absolute atomic E-state index is 0.0541. The fourth-order valence-electron chi connectivity index (χ4n) is 4.27. The molecule has 0 saturated carbocycles. The Morgan fingerprint density at radius 1 is 1.19 bits per heavy atom. The number of ether oxygens (including phenoxy) is 1. The third-order valence-corrected chi connectivity index (χ3v) is 5.45. The van der Waals surface area contributed by atoms with Gasteiger partial charge in [0, 0.05) is 25.7 Å². The number of aromatic nitrogens is 3. The number of piperidine rings is 1. The number of urea groups is 1. The number of amides is 2. The van der Waals surface area contributed by atoms with Crippen molar-refractivity contribution in [3.05, 3.63) is 47.8 Å². The minimum atomic E-state index is 0.0541. The van der Waals surface area contributed by atoms with Crippen LogP contribution in [-0.2, 0) is 17.9 Å². The van der Waals surface area contributed by atoms with E-state index in [-0.39, 0.29) is 18.1 Å². The van der Waals surface area contributed by atoms with Gasteiger partial charge in [0.15, 0.2) is 0 Å². The Balaban J connectivity index is 1.37. The molecular formula is C19H25N5O2. The maximum absolute atomic E-state index is 12.7. The molecule has 4 rings (SSSR count). The standard InChI is InChI=1S/C19H25N5O2/c1-26-13-15-12-23(22-21-15)18-9-16-7-8-17(10-18)24(16)19(25)20-11-14-5-3-2-4-6-14/h2-6,12,16-18H,7-11,13H2,1H3,(H,20,25). The monoisotopic (exact) mass is 355 g/mol. The van der Waals surface area contributed by atoms with E-state index >= 15 is 0 Å². The first kappa shape index (κ1) is 17.0. The summed E-state index contributed by atoms with van der Waals surface area (Å²) in [6, 6.07) is 11.0. The number of carbonyl (C=O) groups excluding carboxylic acids is 1. The molecule has 0 spiro atoms. The molecule has 2 aliphatic heterocycles. The molecule has 1 aromatic carbocycles. The minimum Gasteiger partial charge on any atom is -0.378 e. The molecule has 2 amide bonds. The van der Waals surface area contributed by atoms with Gasteiger partial charge < -0.3 is 15.0 Å². The zero-order valence-electron chi connectivity index (χ0n) is 15.0. The average molecular weight is 355 g/mol. The number of nitrogens with zero attached hydrogens (tertiary/aromatic N) is 4. The summed E-state index contributed by atoms with van der Waals surface area (Å²) in [5.74, 6) is 0. The van der Waals surface area contributed by atoms with E-state index in [1.807, 2.05) is 41.2 Å². The van der Waals surface area contributed by atoms with Crippen molar-refractivity contribution >= 4 is 6.03 Å². The number of nitrogens with one attached hydrogen (secondary N) is 1. The molecule has 26 heavy (non-hydrogen) atoms. The van der Waals surface area contributed by atoms with E-state index < -0.39 is 0 Å². The van der Waals surface area contributed by atoms with Gasteiger partial charge in [-0.2, -0.15) is 0 Å². The molecule has 2 unspecified atom stereocenters. The van der Waals surface area contributed by atoms with Crippen LogP contribution in [0.2, 0.25) is 0 Å². The molecule has 2 fully saturated rings. The molecule has 3 heterocycles. The van der Waals surface area contributed by atoms with Crippen LogP contribution in [0, 0.1) is 0 Å². The Kier molecular flexibility index (Phi) is 4.88. The average Bonchev–Trinajstić information content (AvgIpc) is 3.23. The van der Waals surface area contributed by atoms with Crippen LogP contribution in [0.4, 0.5) is 4.79 Å². The van der Waals surface area contributed by atoms with Crippen molar-refractivity contribution in [3.8, 4) is 0 Å². The van der Waals surface area contributed by atoms with Gasteiger partial charge in [0.05, 0.1) is 18.8 Å². The lowest BCUT2D eigenvalue weighted by Crippen LogP contribution is -2.50. The number of benzene rings is 1. The molecule has 1 aromatic heterocycles. The summed E-state index contributed by atoms with van der Waals surface area (Å²) in [5, 5.41) is 11.5. The number of fused-ring (bicyclic) bond motifs is 2. The highest BCUT2D eigenvalue weighted by Crippen LogP contribution is 2.40. The number of hydrogen-bond acceptors (Lipinski definition) is 4. The first-order chi connectivity index (χ1) is 12.7. The second-order valence-electron chi connectivity index (χ2n) is 7.18. The van der Waals surface area contributed by atoms with Crippen LogP contribution in [0.25, 0.3) is 0 Å². The van der Waals surface area contributed by atoms with Gasteiger partial charge in [0.25, 0.3) is 0 Å². The topological polar surface area (TPSA) is 72.3 Å². The van der Waals surface area contributed by atoms with Crippen molar-refractivity contribution in [2.75, 3.05) is 7.11 Å². The summed E-state index contributed by atoms with van der Waals surface area (Å²) in [4.78, 5) is 14.8. The van der Waals surface area contributed by atoms with Crippen molar-refractivity contribution in [2.45, 2.75) is 57.0 Å². The smallest absolute Gasteiger partial charge is 0.318 e. The van der Waals surface area contributed by atoms with E-state index in [9.17, 15) is 4.79 Å². The van der Waals surface area contributed by atoms with Gasteiger partial charge in [-0.1, -0.05) is 35.5 Å². The molecule has 0 radical (unpaired) electrons. The summed E-state index contributed by atoms with van der Waals surface area (Å²) in [7, 11) is 1.66. The first-order valence-electron chi connectivity index (χ1n) is 9.24. The summed E-state index contributed by atoms with van der Waals surface area (Å²) in [6.45, 7) is 1.05. The lowest BCUT2D eigenvalue weighted by atomic mass is 9.98. The van der Waals surface area contributed by atoms with Crippen LogP contribution >= 0.6 is 0 Å². The lowest BCUT2D eigenvalue weighted by molar-refractivity contribution is 0.119. The molecule has 7 nitrogen and oxygen atoms in total. The molecule has 2 atom stereocenters. The van der Waals surface area contributed by atoms with E-state index in [1.54, 1.807) is 7.11 Å². The maximum atomic E-state index is 12.7. The number of rotatable bonds is 5. The van der Waals surface area contributed by atoms with Gasteiger partial charge in [-0.05, 0) is 31.2 Å². The highest BCUT2D eigenvalue weighted by molar-refractivity contribution is 5.75. The predicted octanol–water partition coefficient (Wildman–Crippen LogP) is 2.50.